The first-order chi connectivity index (χ1) is 11.6. The molecule has 134 valence electrons. The van der Waals surface area contributed by atoms with Crippen LogP contribution in [-0.2, 0) is 10.2 Å². The second-order valence-electron chi connectivity index (χ2n) is 5.96. The highest BCUT2D eigenvalue weighted by molar-refractivity contribution is 6.38. The van der Waals surface area contributed by atoms with Crippen LogP contribution >= 0.6 is 46.4 Å². The van der Waals surface area contributed by atoms with Crippen LogP contribution in [0.3, 0.4) is 0 Å². The van der Waals surface area contributed by atoms with Gasteiger partial charge in [-0.25, -0.2) is 0 Å². The molecular weight excluding hydrogens is 406 g/mol. The lowest BCUT2D eigenvalue weighted by Gasteiger charge is -2.28. The predicted molar refractivity (Wildman–Crippen MR) is 103 cm³/mol. The Labute approximate surface area is 166 Å². The molecule has 2 rings (SSSR count). The Kier molecular flexibility index (Phi) is 6.16. The zero-order chi connectivity index (χ0) is 18.9. The quantitative estimate of drug-likeness (QED) is 0.414. The van der Waals surface area contributed by atoms with Gasteiger partial charge in [0, 0.05) is 12.3 Å². The number of carbonyl (C=O) groups is 1. The Bertz CT molecular complexity index is 785. The number of hydrogen-bond acceptors (Lipinski definition) is 3. The number of esters is 1. The van der Waals surface area contributed by atoms with Crippen LogP contribution in [0.25, 0.3) is 0 Å². The number of carbonyl (C=O) groups excluding carboxylic acids is 1. The van der Waals surface area contributed by atoms with Gasteiger partial charge in [-0.05, 0) is 35.4 Å². The molecule has 0 saturated heterocycles. The van der Waals surface area contributed by atoms with Crippen LogP contribution in [0.5, 0.6) is 11.5 Å². The summed E-state index contributed by atoms with van der Waals surface area (Å²) in [7, 11) is 1.51. The first kappa shape index (κ1) is 20.2. The van der Waals surface area contributed by atoms with Crippen molar-refractivity contribution in [2.24, 2.45) is 0 Å². The molecular formula is C18H16Cl4O3. The number of ether oxygens (including phenoxy) is 2. The zero-order valence-corrected chi connectivity index (χ0v) is 17.1. The van der Waals surface area contributed by atoms with E-state index >= 15 is 0 Å². The number of methoxy groups -OCH3 is 1. The van der Waals surface area contributed by atoms with Crippen LogP contribution in [0.2, 0.25) is 20.1 Å². The summed E-state index contributed by atoms with van der Waals surface area (Å²) in [5, 5.41) is 1.31. The molecule has 0 atom stereocenters. The number of hydrogen-bond donors (Lipinski definition) is 0. The normalized spacial score (nSPS) is 11.4. The SMILES string of the molecule is COc1c(Cl)cc(C(C)(C)c2cc(Cl)c(OC(C)=O)c(Cl)c2)cc1Cl. The Morgan fingerprint density at radius 2 is 1.20 bits per heavy atom. The molecule has 7 heteroatoms. The van der Waals surface area contributed by atoms with Crippen LogP contribution in [0.4, 0.5) is 0 Å². The van der Waals surface area contributed by atoms with E-state index < -0.39 is 11.4 Å². The monoisotopic (exact) mass is 420 g/mol. The van der Waals surface area contributed by atoms with E-state index in [1.165, 1.54) is 14.0 Å². The van der Waals surface area contributed by atoms with Crippen molar-refractivity contribution >= 4 is 52.4 Å². The maximum atomic E-state index is 11.2. The first-order valence-corrected chi connectivity index (χ1v) is 8.80. The second kappa shape index (κ2) is 7.63. The molecule has 0 aliphatic rings. The summed E-state index contributed by atoms with van der Waals surface area (Å²) < 4.78 is 10.2. The van der Waals surface area contributed by atoms with Crippen molar-refractivity contribution in [3.63, 3.8) is 0 Å². The largest absolute Gasteiger partial charge is 0.494 e. The molecule has 0 radical (unpaired) electrons. The molecule has 0 aliphatic carbocycles. The fourth-order valence-electron chi connectivity index (χ4n) is 2.44. The third-order valence-corrected chi connectivity index (χ3v) is 5.01. The van der Waals surface area contributed by atoms with E-state index in [9.17, 15) is 4.79 Å². The van der Waals surface area contributed by atoms with Gasteiger partial charge in [0.2, 0.25) is 0 Å². The van der Waals surface area contributed by atoms with Crippen molar-refractivity contribution in [2.75, 3.05) is 7.11 Å². The zero-order valence-electron chi connectivity index (χ0n) is 14.0. The van der Waals surface area contributed by atoms with Crippen molar-refractivity contribution in [1.82, 2.24) is 0 Å². The summed E-state index contributed by atoms with van der Waals surface area (Å²) >= 11 is 25.0. The minimum atomic E-state index is -0.512. The van der Waals surface area contributed by atoms with Crippen LogP contribution in [0.15, 0.2) is 24.3 Å². The molecule has 0 heterocycles. The van der Waals surface area contributed by atoms with Crippen molar-refractivity contribution in [3.05, 3.63) is 55.5 Å². The first-order valence-electron chi connectivity index (χ1n) is 7.29. The van der Waals surface area contributed by atoms with Crippen molar-refractivity contribution in [2.45, 2.75) is 26.2 Å². The van der Waals surface area contributed by atoms with Crippen LogP contribution in [-0.4, -0.2) is 13.1 Å². The molecule has 0 unspecified atom stereocenters. The average Bonchev–Trinajstić information content (AvgIpc) is 2.50. The minimum absolute atomic E-state index is 0.140. The van der Waals surface area contributed by atoms with E-state index in [2.05, 4.69) is 0 Å². The summed E-state index contributed by atoms with van der Waals surface area (Å²) in [5.41, 5.74) is 1.16. The van der Waals surface area contributed by atoms with E-state index in [4.69, 9.17) is 55.9 Å². The van der Waals surface area contributed by atoms with Gasteiger partial charge in [-0.2, -0.15) is 0 Å². The molecule has 25 heavy (non-hydrogen) atoms. The van der Waals surface area contributed by atoms with Crippen molar-refractivity contribution in [3.8, 4) is 11.5 Å². The second-order valence-corrected chi connectivity index (χ2v) is 7.59. The van der Waals surface area contributed by atoms with Gasteiger partial charge < -0.3 is 9.47 Å². The maximum absolute atomic E-state index is 11.2. The lowest BCUT2D eigenvalue weighted by molar-refractivity contribution is -0.131. The summed E-state index contributed by atoms with van der Waals surface area (Å²) in [6.07, 6.45) is 0. The number of benzene rings is 2. The van der Waals surface area contributed by atoms with Gasteiger partial charge in [0.05, 0.1) is 27.2 Å². The highest BCUT2D eigenvalue weighted by atomic mass is 35.5. The lowest BCUT2D eigenvalue weighted by Crippen LogP contribution is -2.19. The molecule has 0 saturated carbocycles. The molecule has 3 nitrogen and oxygen atoms in total. The summed E-state index contributed by atoms with van der Waals surface area (Å²) in [5.74, 6) is 0.0647. The standard InChI is InChI=1S/C18H16Cl4O3/c1-9(23)25-17-14(21)7-11(8-15(17)22)18(2,3)10-5-12(19)16(24-4)13(20)6-10/h5-8H,1-4H3. The highest BCUT2D eigenvalue weighted by Crippen LogP contribution is 2.43. The number of halogens is 4. The van der Waals surface area contributed by atoms with Crippen LogP contribution in [0, 0.1) is 0 Å². The molecule has 0 spiro atoms. The van der Waals surface area contributed by atoms with E-state index in [1.54, 1.807) is 24.3 Å². The summed E-state index contributed by atoms with van der Waals surface area (Å²) in [6.45, 7) is 5.25. The third kappa shape index (κ3) is 4.17. The van der Waals surface area contributed by atoms with E-state index in [-0.39, 0.29) is 15.8 Å². The van der Waals surface area contributed by atoms with E-state index in [1.807, 2.05) is 13.8 Å². The molecule has 0 amide bonds. The highest BCUT2D eigenvalue weighted by Gasteiger charge is 2.27. The fraction of sp³-hybridized carbons (Fsp3) is 0.278. The Morgan fingerprint density at radius 3 is 1.52 bits per heavy atom. The van der Waals surface area contributed by atoms with Crippen LogP contribution < -0.4 is 9.47 Å². The van der Waals surface area contributed by atoms with E-state index in [0.717, 1.165) is 11.1 Å². The minimum Gasteiger partial charge on any atom is -0.494 e. The fourth-order valence-corrected chi connectivity index (χ4v) is 3.65. The predicted octanol–water partition coefficient (Wildman–Crippen LogP) is 6.56. The van der Waals surface area contributed by atoms with Gasteiger partial charge in [-0.1, -0.05) is 60.3 Å². The molecule has 2 aromatic carbocycles. The Hall–Kier alpha value is -1.13. The lowest BCUT2D eigenvalue weighted by atomic mass is 9.78. The van der Waals surface area contributed by atoms with Gasteiger partial charge in [-0.3, -0.25) is 4.79 Å². The summed E-state index contributed by atoms with van der Waals surface area (Å²) in [6, 6.07) is 6.98. The Balaban J connectivity index is 2.55. The van der Waals surface area contributed by atoms with Gasteiger partial charge in [-0.15, -0.1) is 0 Å². The molecule has 0 aromatic heterocycles. The maximum Gasteiger partial charge on any atom is 0.308 e. The third-order valence-electron chi connectivity index (χ3n) is 3.89. The van der Waals surface area contributed by atoms with E-state index in [0.29, 0.717) is 15.8 Å². The van der Waals surface area contributed by atoms with Crippen molar-refractivity contribution in [1.29, 1.82) is 0 Å². The molecule has 0 aliphatic heterocycles. The molecule has 0 bridgehead atoms. The van der Waals surface area contributed by atoms with Crippen LogP contribution in [0.1, 0.15) is 31.9 Å². The molecule has 2 aromatic rings. The smallest absolute Gasteiger partial charge is 0.308 e. The van der Waals surface area contributed by atoms with Crippen molar-refractivity contribution < 1.29 is 14.3 Å². The molecule has 0 N–H and O–H groups in total. The van der Waals surface area contributed by atoms with Gasteiger partial charge in [0.25, 0.3) is 0 Å². The molecule has 0 fully saturated rings. The summed E-state index contributed by atoms with van der Waals surface area (Å²) in [4.78, 5) is 11.2. The average molecular weight is 422 g/mol. The van der Waals surface area contributed by atoms with Gasteiger partial charge in [0.15, 0.2) is 11.5 Å². The Morgan fingerprint density at radius 1 is 0.840 bits per heavy atom. The van der Waals surface area contributed by atoms with Gasteiger partial charge in [0.1, 0.15) is 0 Å². The topological polar surface area (TPSA) is 35.5 Å². The number of rotatable bonds is 4. The van der Waals surface area contributed by atoms with Gasteiger partial charge >= 0.3 is 5.97 Å².